The summed E-state index contributed by atoms with van der Waals surface area (Å²) in [6, 6.07) is 8.32. The maximum Gasteiger partial charge on any atom is 0.106 e. The number of hydrogen-bond donors (Lipinski definition) is 1. The Morgan fingerprint density at radius 2 is 1.45 bits per heavy atom. The zero-order valence-electron chi connectivity index (χ0n) is 12.7. The molecule has 2 aromatic rings. The van der Waals surface area contributed by atoms with Crippen molar-refractivity contribution in [3.8, 4) is 0 Å². The van der Waals surface area contributed by atoms with E-state index in [9.17, 15) is 5.11 Å². The Labute approximate surface area is 135 Å². The van der Waals surface area contributed by atoms with Gasteiger partial charge in [0.1, 0.15) is 6.10 Å². The first-order chi connectivity index (χ1) is 9.34. The van der Waals surface area contributed by atoms with Gasteiger partial charge in [-0.3, -0.25) is 0 Å². The average molecular weight is 380 g/mol. The summed E-state index contributed by atoms with van der Waals surface area (Å²) in [5.74, 6) is 0. The van der Waals surface area contributed by atoms with E-state index in [2.05, 4.69) is 69.3 Å². The van der Waals surface area contributed by atoms with Gasteiger partial charge in [-0.25, -0.2) is 0 Å². The SMILES string of the molecule is Cc1cc(C)c(C)c(C(O)c2cccc(C)c2I)c1C. The fourth-order valence-corrected chi connectivity index (χ4v) is 3.35. The van der Waals surface area contributed by atoms with Gasteiger partial charge in [0.2, 0.25) is 0 Å². The Morgan fingerprint density at radius 1 is 0.900 bits per heavy atom. The van der Waals surface area contributed by atoms with E-state index >= 15 is 0 Å². The molecule has 2 heteroatoms. The maximum atomic E-state index is 10.9. The van der Waals surface area contributed by atoms with Crippen molar-refractivity contribution in [3.63, 3.8) is 0 Å². The van der Waals surface area contributed by atoms with Crippen molar-refractivity contribution < 1.29 is 5.11 Å². The Hall–Kier alpha value is -0.870. The standard InChI is InChI=1S/C18H21IO/c1-10-7-6-8-15(17(10)19)18(20)16-13(4)11(2)9-12(3)14(16)5/h6-9,18,20H,1-5H3. The second kappa shape index (κ2) is 5.86. The summed E-state index contributed by atoms with van der Waals surface area (Å²) in [6.45, 7) is 10.5. The summed E-state index contributed by atoms with van der Waals surface area (Å²) in [5, 5.41) is 10.9. The zero-order chi connectivity index (χ0) is 15.0. The van der Waals surface area contributed by atoms with Gasteiger partial charge < -0.3 is 5.11 Å². The van der Waals surface area contributed by atoms with Crippen LogP contribution < -0.4 is 0 Å². The Morgan fingerprint density at radius 3 is 2.00 bits per heavy atom. The first-order valence-corrected chi connectivity index (χ1v) is 7.92. The van der Waals surface area contributed by atoms with E-state index in [1.807, 2.05) is 12.1 Å². The van der Waals surface area contributed by atoms with E-state index in [4.69, 9.17) is 0 Å². The van der Waals surface area contributed by atoms with Gasteiger partial charge in [0, 0.05) is 3.57 Å². The number of aliphatic hydroxyl groups excluding tert-OH is 1. The molecule has 1 nitrogen and oxygen atoms in total. The van der Waals surface area contributed by atoms with Crippen molar-refractivity contribution in [1.82, 2.24) is 0 Å². The largest absolute Gasteiger partial charge is 0.384 e. The minimum Gasteiger partial charge on any atom is -0.384 e. The van der Waals surface area contributed by atoms with Gasteiger partial charge >= 0.3 is 0 Å². The Kier molecular flexibility index (Phi) is 4.55. The van der Waals surface area contributed by atoms with Crippen molar-refractivity contribution in [2.45, 2.75) is 40.7 Å². The van der Waals surface area contributed by atoms with E-state index < -0.39 is 6.10 Å². The van der Waals surface area contributed by atoms with Gasteiger partial charge in [-0.1, -0.05) is 24.3 Å². The normalized spacial score (nSPS) is 12.6. The summed E-state index contributed by atoms with van der Waals surface area (Å²) in [7, 11) is 0. The average Bonchev–Trinajstić information content (AvgIpc) is 2.40. The molecule has 20 heavy (non-hydrogen) atoms. The van der Waals surface area contributed by atoms with Crippen LogP contribution in [0.15, 0.2) is 24.3 Å². The third-order valence-electron chi connectivity index (χ3n) is 4.21. The van der Waals surface area contributed by atoms with Crippen LogP contribution in [0.1, 0.15) is 45.0 Å². The zero-order valence-corrected chi connectivity index (χ0v) is 14.9. The summed E-state index contributed by atoms with van der Waals surface area (Å²) in [6.07, 6.45) is -0.555. The highest BCUT2D eigenvalue weighted by atomic mass is 127. The summed E-state index contributed by atoms with van der Waals surface area (Å²) in [4.78, 5) is 0. The third-order valence-corrected chi connectivity index (χ3v) is 5.69. The molecule has 0 aliphatic heterocycles. The van der Waals surface area contributed by atoms with E-state index in [0.717, 1.165) is 14.7 Å². The molecule has 106 valence electrons. The van der Waals surface area contributed by atoms with Crippen LogP contribution in [-0.2, 0) is 0 Å². The highest BCUT2D eigenvalue weighted by Gasteiger charge is 2.20. The van der Waals surface area contributed by atoms with Gasteiger partial charge in [0.05, 0.1) is 0 Å². The fraction of sp³-hybridized carbons (Fsp3) is 0.333. The first kappa shape index (κ1) is 15.5. The van der Waals surface area contributed by atoms with Gasteiger partial charge in [-0.2, -0.15) is 0 Å². The molecule has 0 fully saturated rings. The lowest BCUT2D eigenvalue weighted by molar-refractivity contribution is 0.217. The molecular weight excluding hydrogens is 359 g/mol. The van der Waals surface area contributed by atoms with E-state index in [0.29, 0.717) is 0 Å². The molecule has 0 aliphatic rings. The first-order valence-electron chi connectivity index (χ1n) is 6.85. The molecule has 1 N–H and O–H groups in total. The quantitative estimate of drug-likeness (QED) is 0.734. The molecule has 0 amide bonds. The van der Waals surface area contributed by atoms with Gasteiger partial charge in [0.15, 0.2) is 0 Å². The van der Waals surface area contributed by atoms with Crippen molar-refractivity contribution in [2.24, 2.45) is 0 Å². The van der Waals surface area contributed by atoms with Crippen LogP contribution in [0.4, 0.5) is 0 Å². The number of hydrogen-bond acceptors (Lipinski definition) is 1. The highest BCUT2D eigenvalue weighted by Crippen LogP contribution is 2.34. The summed E-state index contributed by atoms with van der Waals surface area (Å²) in [5.41, 5.74) is 8.14. The molecule has 0 saturated carbocycles. The van der Waals surface area contributed by atoms with E-state index in [-0.39, 0.29) is 0 Å². The molecule has 2 rings (SSSR count). The number of rotatable bonds is 2. The van der Waals surface area contributed by atoms with Crippen LogP contribution in [-0.4, -0.2) is 5.11 Å². The molecule has 0 spiro atoms. The smallest absolute Gasteiger partial charge is 0.106 e. The molecule has 1 unspecified atom stereocenters. The minimum atomic E-state index is -0.555. The molecule has 1 atom stereocenters. The third kappa shape index (κ3) is 2.63. The lowest BCUT2D eigenvalue weighted by atomic mass is 9.88. The van der Waals surface area contributed by atoms with Gasteiger partial charge in [-0.15, -0.1) is 0 Å². The van der Waals surface area contributed by atoms with Crippen LogP contribution >= 0.6 is 22.6 Å². The summed E-state index contributed by atoms with van der Waals surface area (Å²) < 4.78 is 1.15. The molecule has 0 radical (unpaired) electrons. The molecule has 0 bridgehead atoms. The molecule has 0 aromatic heterocycles. The van der Waals surface area contributed by atoms with Crippen LogP contribution in [0.3, 0.4) is 0 Å². The van der Waals surface area contributed by atoms with Crippen LogP contribution in [0, 0.1) is 38.2 Å². The Balaban J connectivity index is 2.65. The topological polar surface area (TPSA) is 20.2 Å². The predicted molar refractivity (Wildman–Crippen MR) is 93.3 cm³/mol. The van der Waals surface area contributed by atoms with Gasteiger partial charge in [-0.05, 0) is 96.2 Å². The molecule has 0 heterocycles. The van der Waals surface area contributed by atoms with E-state index in [1.165, 1.54) is 27.8 Å². The fourth-order valence-electron chi connectivity index (χ4n) is 2.69. The Bertz CT molecular complexity index is 633. The monoisotopic (exact) mass is 380 g/mol. The van der Waals surface area contributed by atoms with Crippen molar-refractivity contribution in [3.05, 3.63) is 66.8 Å². The van der Waals surface area contributed by atoms with Gasteiger partial charge in [0.25, 0.3) is 0 Å². The van der Waals surface area contributed by atoms with Crippen molar-refractivity contribution in [2.75, 3.05) is 0 Å². The lowest BCUT2D eigenvalue weighted by Gasteiger charge is -2.22. The summed E-state index contributed by atoms with van der Waals surface area (Å²) >= 11 is 2.33. The highest BCUT2D eigenvalue weighted by molar-refractivity contribution is 14.1. The van der Waals surface area contributed by atoms with E-state index in [1.54, 1.807) is 0 Å². The molecule has 0 saturated heterocycles. The molecule has 2 aromatic carbocycles. The van der Waals surface area contributed by atoms with Crippen LogP contribution in [0.5, 0.6) is 0 Å². The van der Waals surface area contributed by atoms with Crippen LogP contribution in [0.2, 0.25) is 0 Å². The number of aliphatic hydroxyl groups is 1. The van der Waals surface area contributed by atoms with Crippen LogP contribution in [0.25, 0.3) is 0 Å². The van der Waals surface area contributed by atoms with Crippen molar-refractivity contribution in [1.29, 1.82) is 0 Å². The second-order valence-corrected chi connectivity index (χ2v) is 6.63. The number of benzene rings is 2. The minimum absolute atomic E-state index is 0.555. The second-order valence-electron chi connectivity index (χ2n) is 5.55. The number of aryl methyl sites for hydroxylation is 3. The lowest BCUT2D eigenvalue weighted by Crippen LogP contribution is -2.09. The molecular formula is C18H21IO. The number of halogens is 1. The molecule has 0 aliphatic carbocycles. The van der Waals surface area contributed by atoms with Crippen molar-refractivity contribution >= 4 is 22.6 Å². The predicted octanol–water partition coefficient (Wildman–Crippen LogP) is 4.92. The maximum absolute atomic E-state index is 10.9.